The lowest BCUT2D eigenvalue weighted by atomic mass is 10.2. The zero-order chi connectivity index (χ0) is 15.4. The number of aliphatic imine (C=N–C) groups is 1. The molecule has 110 valence electrons. The summed E-state index contributed by atoms with van der Waals surface area (Å²) < 4.78 is 1.05. The fraction of sp³-hybridized carbons (Fsp3) is 0.214. The van der Waals surface area contributed by atoms with E-state index in [0.29, 0.717) is 5.02 Å². The van der Waals surface area contributed by atoms with Gasteiger partial charge < -0.3 is 5.11 Å². The van der Waals surface area contributed by atoms with Crippen molar-refractivity contribution in [1.82, 2.24) is 9.55 Å². The molecule has 6 nitrogen and oxygen atoms in total. The number of hydrogen-bond donors (Lipinski definition) is 2. The molecule has 0 aliphatic heterocycles. The number of H-pyrrole nitrogens is 1. The number of nitrogens with zero attached hydrogens (tertiary/aromatic N) is 2. The fourth-order valence-corrected chi connectivity index (χ4v) is 2.04. The van der Waals surface area contributed by atoms with Crippen molar-refractivity contribution < 1.29 is 5.11 Å². The highest BCUT2D eigenvalue weighted by atomic mass is 35.5. The number of halogens is 1. The van der Waals surface area contributed by atoms with Crippen LogP contribution in [0.25, 0.3) is 0 Å². The number of rotatable bonds is 4. The van der Waals surface area contributed by atoms with Crippen LogP contribution in [0.5, 0.6) is 5.88 Å². The molecule has 1 heterocycles. The van der Waals surface area contributed by atoms with Gasteiger partial charge in [-0.05, 0) is 18.6 Å². The van der Waals surface area contributed by atoms with Crippen molar-refractivity contribution in [3.63, 3.8) is 0 Å². The molecule has 0 saturated carbocycles. The van der Waals surface area contributed by atoms with Gasteiger partial charge in [0.2, 0.25) is 5.88 Å². The minimum absolute atomic E-state index is 0.0523. The first kappa shape index (κ1) is 15.1. The van der Waals surface area contributed by atoms with Crippen LogP contribution < -0.4 is 11.2 Å². The van der Waals surface area contributed by atoms with Gasteiger partial charge in [-0.3, -0.25) is 19.3 Å². The van der Waals surface area contributed by atoms with Crippen molar-refractivity contribution in [2.75, 3.05) is 0 Å². The van der Waals surface area contributed by atoms with Crippen molar-refractivity contribution in [2.24, 2.45) is 4.99 Å². The minimum atomic E-state index is -0.676. The van der Waals surface area contributed by atoms with Crippen LogP contribution in [-0.2, 0) is 13.1 Å². The van der Waals surface area contributed by atoms with E-state index in [1.54, 1.807) is 13.0 Å². The Balaban J connectivity index is 2.32. The zero-order valence-corrected chi connectivity index (χ0v) is 12.1. The second-order valence-corrected chi connectivity index (χ2v) is 4.71. The highest BCUT2D eigenvalue weighted by Gasteiger charge is 2.10. The molecule has 1 aromatic carbocycles. The van der Waals surface area contributed by atoms with E-state index >= 15 is 0 Å². The van der Waals surface area contributed by atoms with Gasteiger partial charge in [-0.25, -0.2) is 4.79 Å². The first-order valence-corrected chi connectivity index (χ1v) is 6.71. The average molecular weight is 308 g/mol. The molecule has 2 aromatic rings. The zero-order valence-electron chi connectivity index (χ0n) is 11.3. The fourth-order valence-electron chi connectivity index (χ4n) is 1.85. The number of aromatic hydroxyl groups is 1. The van der Waals surface area contributed by atoms with Crippen LogP contribution >= 0.6 is 11.6 Å². The molecular formula is C14H14ClN3O3. The summed E-state index contributed by atoms with van der Waals surface area (Å²) in [5.41, 5.74) is -0.577. The predicted octanol–water partition coefficient (Wildman–Crippen LogP) is 1.53. The summed E-state index contributed by atoms with van der Waals surface area (Å²) in [5, 5.41) is 10.5. The summed E-state index contributed by atoms with van der Waals surface area (Å²) >= 11 is 6.00. The van der Waals surface area contributed by atoms with Crippen LogP contribution in [-0.4, -0.2) is 20.9 Å². The van der Waals surface area contributed by atoms with Crippen LogP contribution in [0.3, 0.4) is 0 Å². The van der Waals surface area contributed by atoms with Gasteiger partial charge in [0.15, 0.2) is 0 Å². The number of aromatic amines is 1. The molecule has 0 fully saturated rings. The van der Waals surface area contributed by atoms with Crippen LogP contribution in [0.15, 0.2) is 38.8 Å². The molecule has 7 heteroatoms. The molecule has 1 aromatic heterocycles. The first-order chi connectivity index (χ1) is 10.0. The monoisotopic (exact) mass is 307 g/mol. The lowest BCUT2D eigenvalue weighted by Gasteiger charge is -2.06. The third kappa shape index (κ3) is 3.22. The summed E-state index contributed by atoms with van der Waals surface area (Å²) in [5.74, 6) is -0.394. The van der Waals surface area contributed by atoms with Gasteiger partial charge in [-0.2, -0.15) is 0 Å². The van der Waals surface area contributed by atoms with Gasteiger partial charge in [-0.1, -0.05) is 29.8 Å². The third-order valence-corrected chi connectivity index (χ3v) is 3.33. The van der Waals surface area contributed by atoms with Crippen molar-refractivity contribution in [2.45, 2.75) is 20.0 Å². The standard InChI is InChI=1S/C14H14ClN3O3/c1-2-18-13(20)10(12(19)17-14(18)21)8-16-7-9-5-3-4-6-11(9)15/h3-6,8,20H,2,7H2,1H3,(H,17,19,21). The highest BCUT2D eigenvalue weighted by molar-refractivity contribution is 6.31. The molecule has 2 N–H and O–H groups in total. The topological polar surface area (TPSA) is 87.4 Å². The predicted molar refractivity (Wildman–Crippen MR) is 81.4 cm³/mol. The lowest BCUT2D eigenvalue weighted by Crippen LogP contribution is -2.31. The molecule has 0 amide bonds. The maximum atomic E-state index is 11.7. The summed E-state index contributed by atoms with van der Waals surface area (Å²) in [6.45, 7) is 2.20. The van der Waals surface area contributed by atoms with Crippen LogP contribution in [0.4, 0.5) is 0 Å². The molecule has 0 atom stereocenters. The maximum Gasteiger partial charge on any atom is 0.331 e. The van der Waals surface area contributed by atoms with Gasteiger partial charge in [0.05, 0.1) is 6.54 Å². The molecule has 2 rings (SSSR count). The smallest absolute Gasteiger partial charge is 0.331 e. The lowest BCUT2D eigenvalue weighted by molar-refractivity contribution is 0.404. The minimum Gasteiger partial charge on any atom is -0.494 e. The molecule has 21 heavy (non-hydrogen) atoms. The number of aromatic nitrogens is 2. The SMILES string of the molecule is CCn1c(O)c(C=NCc2ccccc2Cl)c(=O)[nH]c1=O. The Bertz CT molecular complexity index is 793. The van der Waals surface area contributed by atoms with Crippen LogP contribution in [0.1, 0.15) is 18.1 Å². The summed E-state index contributed by atoms with van der Waals surface area (Å²) in [4.78, 5) is 29.4. The molecule has 0 bridgehead atoms. The number of nitrogens with one attached hydrogen (secondary N) is 1. The van der Waals surface area contributed by atoms with E-state index in [2.05, 4.69) is 9.98 Å². The number of benzene rings is 1. The van der Waals surface area contributed by atoms with E-state index in [0.717, 1.165) is 10.1 Å². The molecule has 0 spiro atoms. The Kier molecular flexibility index (Phi) is 4.59. The van der Waals surface area contributed by atoms with Gasteiger partial charge in [0, 0.05) is 17.8 Å². The van der Waals surface area contributed by atoms with E-state index in [9.17, 15) is 14.7 Å². The average Bonchev–Trinajstić information content (AvgIpc) is 2.44. The third-order valence-electron chi connectivity index (χ3n) is 2.96. The Hall–Kier alpha value is -2.34. The Morgan fingerprint density at radius 2 is 2.10 bits per heavy atom. The van der Waals surface area contributed by atoms with Crippen LogP contribution in [0, 0.1) is 0 Å². The second kappa shape index (κ2) is 6.41. The maximum absolute atomic E-state index is 11.7. The van der Waals surface area contributed by atoms with Crippen LogP contribution in [0.2, 0.25) is 5.02 Å². The molecule has 0 saturated heterocycles. The van der Waals surface area contributed by atoms with E-state index < -0.39 is 17.1 Å². The quantitative estimate of drug-likeness (QED) is 0.840. The Labute approximate surface area is 125 Å². The van der Waals surface area contributed by atoms with Gasteiger partial charge in [0.25, 0.3) is 5.56 Å². The number of hydrogen-bond acceptors (Lipinski definition) is 4. The molecule has 0 radical (unpaired) electrons. The van der Waals surface area contributed by atoms with E-state index in [1.165, 1.54) is 6.21 Å². The van der Waals surface area contributed by atoms with Gasteiger partial charge in [-0.15, -0.1) is 0 Å². The summed E-state index contributed by atoms with van der Waals surface area (Å²) in [7, 11) is 0. The van der Waals surface area contributed by atoms with Gasteiger partial charge in [0.1, 0.15) is 5.56 Å². The van der Waals surface area contributed by atoms with E-state index in [-0.39, 0.29) is 18.7 Å². The van der Waals surface area contributed by atoms with Crippen molar-refractivity contribution in [3.8, 4) is 5.88 Å². The second-order valence-electron chi connectivity index (χ2n) is 4.30. The molecule has 0 aliphatic carbocycles. The summed E-state index contributed by atoms with van der Waals surface area (Å²) in [6.07, 6.45) is 1.24. The van der Waals surface area contributed by atoms with Gasteiger partial charge >= 0.3 is 5.69 Å². The largest absolute Gasteiger partial charge is 0.494 e. The molecule has 0 unspecified atom stereocenters. The highest BCUT2D eigenvalue weighted by Crippen LogP contribution is 2.15. The van der Waals surface area contributed by atoms with E-state index in [1.807, 2.05) is 18.2 Å². The van der Waals surface area contributed by atoms with Crippen molar-refractivity contribution >= 4 is 17.8 Å². The first-order valence-electron chi connectivity index (χ1n) is 6.34. The summed E-state index contributed by atoms with van der Waals surface area (Å²) in [6, 6.07) is 7.20. The van der Waals surface area contributed by atoms with Crippen molar-refractivity contribution in [1.29, 1.82) is 0 Å². The molecular weight excluding hydrogens is 294 g/mol. The Morgan fingerprint density at radius 1 is 1.38 bits per heavy atom. The normalized spacial score (nSPS) is 11.1. The van der Waals surface area contributed by atoms with Crippen molar-refractivity contribution in [3.05, 3.63) is 61.3 Å². The van der Waals surface area contributed by atoms with E-state index in [4.69, 9.17) is 11.6 Å². The molecule has 0 aliphatic rings. The Morgan fingerprint density at radius 3 is 2.76 bits per heavy atom.